The summed E-state index contributed by atoms with van der Waals surface area (Å²) in [5, 5.41) is 5.09. The monoisotopic (exact) mass is 393 g/mol. The molecule has 0 radical (unpaired) electrons. The van der Waals surface area contributed by atoms with Gasteiger partial charge in [-0.25, -0.2) is 5.43 Å². The molecule has 0 atom stereocenters. The highest BCUT2D eigenvalue weighted by atomic mass is 32.2. The average molecular weight is 394 g/mol. The van der Waals surface area contributed by atoms with E-state index in [4.69, 9.17) is 4.74 Å². The SMILES string of the molecule is CCCCOc1ccc(/C=N/NC(=O)CSc2cccc3cccnc23)cc1. The second kappa shape index (κ2) is 10.5. The Bertz CT molecular complexity index is 937. The van der Waals surface area contributed by atoms with Crippen molar-refractivity contribution in [3.8, 4) is 5.75 Å². The molecule has 0 spiro atoms. The van der Waals surface area contributed by atoms with Crippen LogP contribution in [0.1, 0.15) is 25.3 Å². The molecule has 1 aromatic heterocycles. The first kappa shape index (κ1) is 19.9. The third kappa shape index (κ3) is 5.82. The quantitative estimate of drug-likeness (QED) is 0.249. The topological polar surface area (TPSA) is 63.6 Å². The summed E-state index contributed by atoms with van der Waals surface area (Å²) in [6.07, 6.45) is 5.54. The molecule has 28 heavy (non-hydrogen) atoms. The second-order valence-corrected chi connectivity index (χ2v) is 7.20. The zero-order valence-corrected chi connectivity index (χ0v) is 16.6. The summed E-state index contributed by atoms with van der Waals surface area (Å²) in [5.74, 6) is 0.959. The van der Waals surface area contributed by atoms with Crippen molar-refractivity contribution >= 4 is 34.8 Å². The number of hydrogen-bond donors (Lipinski definition) is 1. The van der Waals surface area contributed by atoms with Gasteiger partial charge in [0.25, 0.3) is 0 Å². The number of hydrazone groups is 1. The van der Waals surface area contributed by atoms with Crippen LogP contribution in [0.5, 0.6) is 5.75 Å². The number of carbonyl (C=O) groups excluding carboxylic acids is 1. The fourth-order valence-electron chi connectivity index (χ4n) is 2.53. The van der Waals surface area contributed by atoms with Crippen molar-refractivity contribution in [2.45, 2.75) is 24.7 Å². The number of rotatable bonds is 9. The smallest absolute Gasteiger partial charge is 0.250 e. The lowest BCUT2D eigenvalue weighted by atomic mass is 10.2. The summed E-state index contributed by atoms with van der Waals surface area (Å²) in [5.41, 5.74) is 4.37. The predicted octanol–water partition coefficient (Wildman–Crippen LogP) is 4.66. The lowest BCUT2D eigenvalue weighted by Crippen LogP contribution is -2.19. The molecule has 3 aromatic rings. The number of thioether (sulfide) groups is 1. The van der Waals surface area contributed by atoms with E-state index in [2.05, 4.69) is 22.4 Å². The molecule has 1 amide bonds. The Morgan fingerprint density at radius 2 is 2.00 bits per heavy atom. The van der Waals surface area contributed by atoms with E-state index in [1.807, 2.05) is 54.6 Å². The summed E-state index contributed by atoms with van der Waals surface area (Å²) in [6, 6.07) is 17.5. The molecule has 0 aliphatic rings. The van der Waals surface area contributed by atoms with Crippen LogP contribution in [0.3, 0.4) is 0 Å². The number of nitrogens with one attached hydrogen (secondary N) is 1. The van der Waals surface area contributed by atoms with Gasteiger partial charge in [0.2, 0.25) is 5.91 Å². The van der Waals surface area contributed by atoms with E-state index in [0.717, 1.165) is 46.6 Å². The first-order valence-corrected chi connectivity index (χ1v) is 10.3. The number of nitrogens with zero attached hydrogens (tertiary/aromatic N) is 2. The van der Waals surface area contributed by atoms with Crippen molar-refractivity contribution < 1.29 is 9.53 Å². The third-order valence-electron chi connectivity index (χ3n) is 4.00. The predicted molar refractivity (Wildman–Crippen MR) is 115 cm³/mol. The lowest BCUT2D eigenvalue weighted by Gasteiger charge is -2.05. The molecule has 2 aromatic carbocycles. The number of amides is 1. The number of fused-ring (bicyclic) bond motifs is 1. The Balaban J connectivity index is 1.47. The summed E-state index contributed by atoms with van der Waals surface area (Å²) in [6.45, 7) is 2.86. The lowest BCUT2D eigenvalue weighted by molar-refractivity contribution is -0.118. The number of aromatic nitrogens is 1. The van der Waals surface area contributed by atoms with Gasteiger partial charge in [-0.3, -0.25) is 9.78 Å². The molecule has 5 nitrogen and oxygen atoms in total. The van der Waals surface area contributed by atoms with E-state index in [0.29, 0.717) is 0 Å². The first-order chi connectivity index (χ1) is 13.8. The molecule has 0 unspecified atom stereocenters. The van der Waals surface area contributed by atoms with E-state index in [1.165, 1.54) is 11.8 Å². The molecule has 3 rings (SSSR count). The van der Waals surface area contributed by atoms with Crippen molar-refractivity contribution in [3.05, 3.63) is 66.4 Å². The fourth-order valence-corrected chi connectivity index (χ4v) is 3.36. The number of unbranched alkanes of at least 4 members (excludes halogenated alkanes) is 1. The van der Waals surface area contributed by atoms with Crippen molar-refractivity contribution in [2.75, 3.05) is 12.4 Å². The highest BCUT2D eigenvalue weighted by molar-refractivity contribution is 8.00. The zero-order valence-electron chi connectivity index (χ0n) is 15.8. The number of benzene rings is 2. The maximum atomic E-state index is 12.1. The maximum absolute atomic E-state index is 12.1. The molecule has 6 heteroatoms. The first-order valence-electron chi connectivity index (χ1n) is 9.27. The summed E-state index contributed by atoms with van der Waals surface area (Å²) in [4.78, 5) is 17.4. The summed E-state index contributed by atoms with van der Waals surface area (Å²) < 4.78 is 5.63. The number of ether oxygens (including phenoxy) is 1. The molecule has 1 N–H and O–H groups in total. The van der Waals surface area contributed by atoms with Crippen LogP contribution in [-0.2, 0) is 4.79 Å². The van der Waals surface area contributed by atoms with E-state index < -0.39 is 0 Å². The largest absolute Gasteiger partial charge is 0.494 e. The molecule has 0 fully saturated rings. The van der Waals surface area contributed by atoms with Crippen molar-refractivity contribution in [3.63, 3.8) is 0 Å². The molecule has 0 saturated heterocycles. The van der Waals surface area contributed by atoms with Gasteiger partial charge >= 0.3 is 0 Å². The van der Waals surface area contributed by atoms with E-state index >= 15 is 0 Å². The number of carbonyl (C=O) groups is 1. The number of para-hydroxylation sites is 1. The summed E-state index contributed by atoms with van der Waals surface area (Å²) >= 11 is 1.45. The van der Waals surface area contributed by atoms with Gasteiger partial charge < -0.3 is 4.74 Å². The van der Waals surface area contributed by atoms with Gasteiger partial charge in [0.1, 0.15) is 5.75 Å². The van der Waals surface area contributed by atoms with Crippen LogP contribution in [0.2, 0.25) is 0 Å². The average Bonchev–Trinajstić information content (AvgIpc) is 2.73. The fraction of sp³-hybridized carbons (Fsp3) is 0.227. The molecule has 0 aliphatic heterocycles. The third-order valence-corrected chi connectivity index (χ3v) is 5.05. The highest BCUT2D eigenvalue weighted by Crippen LogP contribution is 2.25. The minimum atomic E-state index is -0.159. The van der Waals surface area contributed by atoms with Gasteiger partial charge in [-0.05, 0) is 48.4 Å². The van der Waals surface area contributed by atoms with Crippen molar-refractivity contribution in [1.29, 1.82) is 0 Å². The highest BCUT2D eigenvalue weighted by Gasteiger charge is 2.06. The van der Waals surface area contributed by atoms with Crippen LogP contribution in [0.15, 0.2) is 70.8 Å². The molecular weight excluding hydrogens is 370 g/mol. The maximum Gasteiger partial charge on any atom is 0.250 e. The Hall–Kier alpha value is -2.86. The second-order valence-electron chi connectivity index (χ2n) is 6.18. The van der Waals surface area contributed by atoms with Crippen LogP contribution in [0.25, 0.3) is 10.9 Å². The molecule has 0 aliphatic carbocycles. The van der Waals surface area contributed by atoms with Gasteiger partial charge in [-0.1, -0.05) is 31.5 Å². The molecule has 0 saturated carbocycles. The van der Waals surface area contributed by atoms with Crippen molar-refractivity contribution in [1.82, 2.24) is 10.4 Å². The number of hydrogen-bond acceptors (Lipinski definition) is 5. The Morgan fingerprint density at radius 3 is 2.82 bits per heavy atom. The van der Waals surface area contributed by atoms with Gasteiger partial charge in [0.05, 0.1) is 24.1 Å². The molecule has 144 valence electrons. The van der Waals surface area contributed by atoms with Crippen LogP contribution >= 0.6 is 11.8 Å². The van der Waals surface area contributed by atoms with Gasteiger partial charge in [-0.15, -0.1) is 11.8 Å². The Morgan fingerprint density at radius 1 is 1.18 bits per heavy atom. The van der Waals surface area contributed by atoms with Gasteiger partial charge in [-0.2, -0.15) is 5.10 Å². The Labute approximate surface area is 169 Å². The van der Waals surface area contributed by atoms with Crippen LogP contribution in [0.4, 0.5) is 0 Å². The van der Waals surface area contributed by atoms with Gasteiger partial charge in [0.15, 0.2) is 0 Å². The minimum absolute atomic E-state index is 0.159. The zero-order chi connectivity index (χ0) is 19.6. The van der Waals surface area contributed by atoms with Crippen LogP contribution < -0.4 is 10.2 Å². The van der Waals surface area contributed by atoms with E-state index in [1.54, 1.807) is 12.4 Å². The van der Waals surface area contributed by atoms with E-state index in [9.17, 15) is 4.79 Å². The van der Waals surface area contributed by atoms with Gasteiger partial charge in [0, 0.05) is 16.5 Å². The Kier molecular flexibility index (Phi) is 7.44. The number of pyridine rings is 1. The molecular formula is C22H23N3O2S. The van der Waals surface area contributed by atoms with E-state index in [-0.39, 0.29) is 11.7 Å². The minimum Gasteiger partial charge on any atom is -0.494 e. The van der Waals surface area contributed by atoms with Crippen molar-refractivity contribution in [2.24, 2.45) is 5.10 Å². The van der Waals surface area contributed by atoms with Crippen LogP contribution in [0, 0.1) is 0 Å². The summed E-state index contributed by atoms with van der Waals surface area (Å²) in [7, 11) is 0. The standard InChI is InChI=1S/C22H23N3O2S/c1-2-3-14-27-19-11-9-17(10-12-19)15-24-25-21(26)16-28-20-8-4-6-18-7-5-13-23-22(18)20/h4-13,15H,2-3,14,16H2,1H3,(H,25,26)/b24-15+. The molecule has 0 bridgehead atoms. The molecule has 1 heterocycles. The van der Waals surface area contributed by atoms with Crippen LogP contribution in [-0.4, -0.2) is 29.5 Å². The normalized spacial score (nSPS) is 11.0.